The van der Waals surface area contributed by atoms with Gasteiger partial charge in [-0.3, -0.25) is 4.79 Å². The third-order valence-corrected chi connectivity index (χ3v) is 7.25. The van der Waals surface area contributed by atoms with Crippen molar-refractivity contribution in [2.75, 3.05) is 13.1 Å². The predicted molar refractivity (Wildman–Crippen MR) is 120 cm³/mol. The molecule has 0 radical (unpaired) electrons. The van der Waals surface area contributed by atoms with Gasteiger partial charge in [0.2, 0.25) is 15.9 Å². The number of sulfonamides is 1. The van der Waals surface area contributed by atoms with Gasteiger partial charge in [-0.2, -0.15) is 4.72 Å². The third kappa shape index (κ3) is 4.65. The molecule has 0 unspecified atom stereocenters. The topological polar surface area (TPSA) is 95.2 Å². The van der Waals surface area contributed by atoms with E-state index in [0.717, 1.165) is 29.7 Å². The smallest absolute Gasteiger partial charge is 0.241 e. The van der Waals surface area contributed by atoms with E-state index in [9.17, 15) is 13.2 Å². The zero-order valence-electron chi connectivity index (χ0n) is 17.8. The highest BCUT2D eigenvalue weighted by atomic mass is 32.2. The van der Waals surface area contributed by atoms with Crippen LogP contribution in [0.1, 0.15) is 38.4 Å². The zero-order valence-corrected chi connectivity index (χ0v) is 18.6. The molecule has 0 aliphatic carbocycles. The molecule has 2 heterocycles. The predicted octanol–water partition coefficient (Wildman–Crippen LogP) is 3.27. The van der Waals surface area contributed by atoms with Gasteiger partial charge in [0, 0.05) is 19.0 Å². The average Bonchev–Trinajstić information content (AvgIpc) is 3.22. The number of imidazole rings is 1. The molecule has 31 heavy (non-hydrogen) atoms. The van der Waals surface area contributed by atoms with Crippen molar-refractivity contribution in [1.82, 2.24) is 19.6 Å². The molecule has 0 saturated carbocycles. The van der Waals surface area contributed by atoms with Gasteiger partial charge in [-0.15, -0.1) is 0 Å². The maximum atomic E-state index is 13.4. The quantitative estimate of drug-likeness (QED) is 0.615. The van der Waals surface area contributed by atoms with Crippen LogP contribution >= 0.6 is 0 Å². The molecule has 8 heteroatoms. The minimum atomic E-state index is -3.79. The van der Waals surface area contributed by atoms with E-state index in [1.54, 1.807) is 23.1 Å². The Kier molecular flexibility index (Phi) is 6.11. The average molecular weight is 441 g/mol. The van der Waals surface area contributed by atoms with Crippen molar-refractivity contribution in [3.8, 4) is 0 Å². The van der Waals surface area contributed by atoms with Gasteiger partial charge in [-0.25, -0.2) is 13.4 Å². The number of nitrogens with one attached hydrogen (secondary N) is 2. The van der Waals surface area contributed by atoms with Crippen LogP contribution in [0.15, 0.2) is 59.5 Å². The minimum Gasteiger partial charge on any atom is -0.342 e. The number of amides is 1. The lowest BCUT2D eigenvalue weighted by atomic mass is 9.95. The fourth-order valence-electron chi connectivity index (χ4n) is 4.07. The van der Waals surface area contributed by atoms with Gasteiger partial charge in [0.15, 0.2) is 0 Å². The lowest BCUT2D eigenvalue weighted by molar-refractivity contribution is -0.135. The molecule has 1 fully saturated rings. The van der Waals surface area contributed by atoms with E-state index < -0.39 is 16.1 Å². The van der Waals surface area contributed by atoms with Crippen LogP contribution in [0.4, 0.5) is 0 Å². The number of hydrogen-bond acceptors (Lipinski definition) is 4. The Morgan fingerprint density at radius 1 is 1.13 bits per heavy atom. The number of benzene rings is 2. The first-order valence-corrected chi connectivity index (χ1v) is 12.1. The summed E-state index contributed by atoms with van der Waals surface area (Å²) in [6, 6.07) is 15.2. The molecule has 2 N–H and O–H groups in total. The lowest BCUT2D eigenvalue weighted by Crippen LogP contribution is -2.53. The SMILES string of the molecule is CC(C)[C@@H](NS(=O)(=O)c1ccccc1)C(=O)N1CCC[C@@H](c2nc3ccccc3[nH]2)C1. The Balaban J connectivity index is 1.52. The highest BCUT2D eigenvalue weighted by molar-refractivity contribution is 7.89. The maximum absolute atomic E-state index is 13.4. The van der Waals surface area contributed by atoms with Crippen molar-refractivity contribution in [3.05, 3.63) is 60.4 Å². The first kappa shape index (κ1) is 21.5. The number of fused-ring (bicyclic) bond motifs is 1. The van der Waals surface area contributed by atoms with Gasteiger partial charge >= 0.3 is 0 Å². The van der Waals surface area contributed by atoms with Crippen molar-refractivity contribution in [1.29, 1.82) is 0 Å². The molecule has 7 nitrogen and oxygen atoms in total. The standard InChI is InChI=1S/C23H28N4O3S/c1-16(2)21(26-31(29,30)18-10-4-3-5-11-18)23(28)27-14-8-9-17(15-27)22-24-19-12-6-7-13-20(19)25-22/h3-7,10-13,16-17,21,26H,8-9,14-15H2,1-2H3,(H,24,25)/t17-,21-/m1/s1. The Morgan fingerprint density at radius 3 is 2.55 bits per heavy atom. The van der Waals surface area contributed by atoms with E-state index in [1.807, 2.05) is 38.1 Å². The Bertz CT molecular complexity index is 1120. The number of para-hydroxylation sites is 2. The largest absolute Gasteiger partial charge is 0.342 e. The summed E-state index contributed by atoms with van der Waals surface area (Å²) < 4.78 is 28.3. The number of carbonyl (C=O) groups is 1. The van der Waals surface area contributed by atoms with Crippen molar-refractivity contribution < 1.29 is 13.2 Å². The first-order valence-electron chi connectivity index (χ1n) is 10.7. The molecule has 1 saturated heterocycles. The van der Waals surface area contributed by atoms with Crippen LogP contribution in [0.25, 0.3) is 11.0 Å². The van der Waals surface area contributed by atoms with Crippen LogP contribution in [-0.2, 0) is 14.8 Å². The number of nitrogens with zero attached hydrogens (tertiary/aromatic N) is 2. The molecule has 2 atom stereocenters. The van der Waals surface area contributed by atoms with E-state index >= 15 is 0 Å². The van der Waals surface area contributed by atoms with E-state index in [0.29, 0.717) is 13.1 Å². The number of hydrogen-bond donors (Lipinski definition) is 2. The maximum Gasteiger partial charge on any atom is 0.241 e. The van der Waals surface area contributed by atoms with Gasteiger partial charge < -0.3 is 9.88 Å². The minimum absolute atomic E-state index is 0.101. The summed E-state index contributed by atoms with van der Waals surface area (Å²) in [4.78, 5) is 23.4. The molecule has 1 aliphatic heterocycles. The Hall–Kier alpha value is -2.71. The second-order valence-electron chi connectivity index (χ2n) is 8.42. The van der Waals surface area contributed by atoms with Crippen molar-refractivity contribution in [2.45, 2.75) is 43.5 Å². The second-order valence-corrected chi connectivity index (χ2v) is 10.1. The molecule has 1 aromatic heterocycles. The first-order chi connectivity index (χ1) is 14.8. The zero-order chi connectivity index (χ0) is 22.0. The number of H-pyrrole nitrogens is 1. The number of rotatable bonds is 6. The van der Waals surface area contributed by atoms with Crippen LogP contribution < -0.4 is 4.72 Å². The number of likely N-dealkylation sites (tertiary alicyclic amines) is 1. The summed E-state index contributed by atoms with van der Waals surface area (Å²) in [7, 11) is -3.79. The monoisotopic (exact) mass is 440 g/mol. The summed E-state index contributed by atoms with van der Waals surface area (Å²) in [5.74, 6) is 0.612. The van der Waals surface area contributed by atoms with E-state index in [4.69, 9.17) is 4.98 Å². The third-order valence-electron chi connectivity index (χ3n) is 5.80. The summed E-state index contributed by atoms with van der Waals surface area (Å²) in [5, 5.41) is 0. The van der Waals surface area contributed by atoms with E-state index in [1.165, 1.54) is 12.1 Å². The molecule has 0 bridgehead atoms. The van der Waals surface area contributed by atoms with Crippen LogP contribution in [0, 0.1) is 5.92 Å². The molecule has 3 aromatic rings. The van der Waals surface area contributed by atoms with Gasteiger partial charge in [0.25, 0.3) is 0 Å². The van der Waals surface area contributed by atoms with Gasteiger partial charge in [0.1, 0.15) is 11.9 Å². The van der Waals surface area contributed by atoms with Crippen molar-refractivity contribution >= 4 is 27.0 Å². The molecule has 0 spiro atoms. The molecular formula is C23H28N4O3S. The summed E-state index contributed by atoms with van der Waals surface area (Å²) in [6.07, 6.45) is 1.79. The lowest BCUT2D eigenvalue weighted by Gasteiger charge is -2.35. The molecule has 164 valence electrons. The molecule has 4 rings (SSSR count). The van der Waals surface area contributed by atoms with Crippen LogP contribution in [0.3, 0.4) is 0 Å². The fourth-order valence-corrected chi connectivity index (χ4v) is 5.43. The van der Waals surface area contributed by atoms with Crippen LogP contribution in [-0.4, -0.2) is 48.3 Å². The Morgan fingerprint density at radius 2 is 1.84 bits per heavy atom. The fraction of sp³-hybridized carbons (Fsp3) is 0.391. The van der Waals surface area contributed by atoms with E-state index in [-0.39, 0.29) is 22.6 Å². The summed E-state index contributed by atoms with van der Waals surface area (Å²) in [5.41, 5.74) is 1.90. The number of carbonyl (C=O) groups excluding carboxylic acids is 1. The highest BCUT2D eigenvalue weighted by Crippen LogP contribution is 2.27. The number of aromatic amines is 1. The van der Waals surface area contributed by atoms with Crippen molar-refractivity contribution in [3.63, 3.8) is 0 Å². The number of piperidine rings is 1. The second kappa shape index (κ2) is 8.80. The van der Waals surface area contributed by atoms with Crippen LogP contribution in [0.2, 0.25) is 0 Å². The van der Waals surface area contributed by atoms with Crippen molar-refractivity contribution in [2.24, 2.45) is 5.92 Å². The molecule has 2 aromatic carbocycles. The van der Waals surface area contributed by atoms with E-state index in [2.05, 4.69) is 9.71 Å². The normalized spacial score (nSPS) is 18.4. The van der Waals surface area contributed by atoms with Crippen LogP contribution in [0.5, 0.6) is 0 Å². The van der Waals surface area contributed by atoms with Gasteiger partial charge in [-0.1, -0.05) is 44.2 Å². The molecule has 1 amide bonds. The van der Waals surface area contributed by atoms with Gasteiger partial charge in [0.05, 0.1) is 15.9 Å². The summed E-state index contributed by atoms with van der Waals surface area (Å²) >= 11 is 0. The highest BCUT2D eigenvalue weighted by Gasteiger charge is 2.34. The number of aromatic nitrogens is 2. The van der Waals surface area contributed by atoms with Gasteiger partial charge in [-0.05, 0) is 43.0 Å². The Labute approximate surface area is 182 Å². The molecule has 1 aliphatic rings. The summed E-state index contributed by atoms with van der Waals surface area (Å²) in [6.45, 7) is 4.86. The molecular weight excluding hydrogens is 412 g/mol.